The van der Waals surface area contributed by atoms with Crippen LogP contribution in [0, 0.1) is 0 Å². The zero-order valence-corrected chi connectivity index (χ0v) is 17.3. The molecule has 0 bridgehead atoms. The lowest BCUT2D eigenvalue weighted by atomic mass is 10.1. The second kappa shape index (κ2) is 8.81. The van der Waals surface area contributed by atoms with E-state index in [2.05, 4.69) is 10.3 Å². The largest absolute Gasteiger partial charge is 0.444 e. The summed E-state index contributed by atoms with van der Waals surface area (Å²) in [6, 6.07) is 13.7. The second-order valence-corrected chi connectivity index (χ2v) is 9.17. The number of carbonyl (C=O) groups is 1. The number of rotatable bonds is 6. The first-order valence-electron chi connectivity index (χ1n) is 9.90. The second-order valence-electron chi connectivity index (χ2n) is 7.23. The number of hydrogen-bond acceptors (Lipinski definition) is 5. The first kappa shape index (κ1) is 20.3. The van der Waals surface area contributed by atoms with Gasteiger partial charge in [-0.05, 0) is 42.7 Å². The van der Waals surface area contributed by atoms with Gasteiger partial charge in [0.1, 0.15) is 0 Å². The molecule has 4 rings (SSSR count). The lowest BCUT2D eigenvalue weighted by molar-refractivity contribution is 0.0951. The predicted octanol–water partition coefficient (Wildman–Crippen LogP) is 3.45. The minimum absolute atomic E-state index is 0.205. The highest BCUT2D eigenvalue weighted by Crippen LogP contribution is 2.21. The number of benzene rings is 2. The molecule has 0 unspecified atom stereocenters. The van der Waals surface area contributed by atoms with E-state index in [1.54, 1.807) is 59.0 Å². The molecule has 0 saturated carbocycles. The van der Waals surface area contributed by atoms with Crippen molar-refractivity contribution in [2.45, 2.75) is 30.7 Å². The molecule has 1 amide bonds. The van der Waals surface area contributed by atoms with E-state index in [0.717, 1.165) is 30.4 Å². The topological polar surface area (TPSA) is 92.5 Å². The van der Waals surface area contributed by atoms with Crippen LogP contribution < -0.4 is 5.32 Å². The predicted molar refractivity (Wildman–Crippen MR) is 112 cm³/mol. The number of nitrogens with one attached hydrogen (secondary N) is 1. The number of piperidine rings is 1. The van der Waals surface area contributed by atoms with Gasteiger partial charge in [0.05, 0.1) is 11.1 Å². The summed E-state index contributed by atoms with van der Waals surface area (Å²) in [6.07, 6.45) is 5.86. The van der Waals surface area contributed by atoms with Gasteiger partial charge in [-0.1, -0.05) is 30.7 Å². The van der Waals surface area contributed by atoms with Gasteiger partial charge in [-0.2, -0.15) is 4.31 Å². The number of aromatic nitrogens is 1. The molecule has 2 aromatic carbocycles. The third-order valence-corrected chi connectivity index (χ3v) is 7.11. The van der Waals surface area contributed by atoms with Crippen LogP contribution in [0.3, 0.4) is 0 Å². The summed E-state index contributed by atoms with van der Waals surface area (Å²) in [6.45, 7) is 1.47. The van der Waals surface area contributed by atoms with E-state index in [4.69, 9.17) is 4.42 Å². The van der Waals surface area contributed by atoms with Crippen molar-refractivity contribution in [3.05, 3.63) is 72.2 Å². The molecule has 1 N–H and O–H groups in total. The fourth-order valence-electron chi connectivity index (χ4n) is 3.46. The zero-order valence-electron chi connectivity index (χ0n) is 16.5. The number of hydrogen-bond donors (Lipinski definition) is 1. The molecule has 30 heavy (non-hydrogen) atoms. The number of nitrogens with zero attached hydrogens (tertiary/aromatic N) is 2. The summed E-state index contributed by atoms with van der Waals surface area (Å²) >= 11 is 0. The van der Waals surface area contributed by atoms with Gasteiger partial charge in [0.2, 0.25) is 10.0 Å². The molecule has 1 aromatic heterocycles. The molecule has 3 aromatic rings. The van der Waals surface area contributed by atoms with Crippen LogP contribution >= 0.6 is 0 Å². The van der Waals surface area contributed by atoms with Crippen molar-refractivity contribution in [2.24, 2.45) is 0 Å². The van der Waals surface area contributed by atoms with E-state index < -0.39 is 10.0 Å². The Morgan fingerprint density at radius 1 is 1.00 bits per heavy atom. The van der Waals surface area contributed by atoms with Gasteiger partial charge >= 0.3 is 0 Å². The molecule has 0 aliphatic carbocycles. The molecule has 0 atom stereocenters. The molecule has 1 aliphatic heterocycles. The van der Waals surface area contributed by atoms with E-state index in [1.165, 1.54) is 6.39 Å². The van der Waals surface area contributed by atoms with Crippen LogP contribution in [0.15, 0.2) is 70.4 Å². The molecule has 8 heteroatoms. The number of oxazole rings is 1. The SMILES string of the molecule is O=C(NCc1ccc(S(=O)(=O)N2CCCCC2)cc1)c1ccc(-c2cnco2)cc1. The first-order valence-corrected chi connectivity index (χ1v) is 11.3. The van der Waals surface area contributed by atoms with Crippen LogP contribution in [-0.2, 0) is 16.6 Å². The molecule has 7 nitrogen and oxygen atoms in total. The van der Waals surface area contributed by atoms with Crippen LogP contribution in [0.5, 0.6) is 0 Å². The lowest BCUT2D eigenvalue weighted by Crippen LogP contribution is -2.35. The fourth-order valence-corrected chi connectivity index (χ4v) is 4.98. The summed E-state index contributed by atoms with van der Waals surface area (Å²) in [5, 5.41) is 2.86. The Bertz CT molecular complexity index is 1090. The van der Waals surface area contributed by atoms with E-state index in [9.17, 15) is 13.2 Å². The van der Waals surface area contributed by atoms with Gasteiger partial charge in [0.15, 0.2) is 12.2 Å². The van der Waals surface area contributed by atoms with Gasteiger partial charge in [0.25, 0.3) is 5.91 Å². The van der Waals surface area contributed by atoms with Crippen molar-refractivity contribution in [2.75, 3.05) is 13.1 Å². The maximum absolute atomic E-state index is 12.7. The first-order chi connectivity index (χ1) is 14.5. The van der Waals surface area contributed by atoms with Crippen LogP contribution in [0.2, 0.25) is 0 Å². The van der Waals surface area contributed by atoms with Crippen LogP contribution in [-0.4, -0.2) is 36.7 Å². The molecule has 2 heterocycles. The summed E-state index contributed by atoms with van der Waals surface area (Å²) < 4.78 is 32.2. The van der Waals surface area contributed by atoms with Crippen molar-refractivity contribution >= 4 is 15.9 Å². The van der Waals surface area contributed by atoms with Gasteiger partial charge in [-0.3, -0.25) is 4.79 Å². The third-order valence-electron chi connectivity index (χ3n) is 5.19. The molecule has 156 valence electrons. The quantitative estimate of drug-likeness (QED) is 0.653. The molecule has 1 aliphatic rings. The van der Waals surface area contributed by atoms with Crippen LogP contribution in [0.25, 0.3) is 11.3 Å². The average Bonchev–Trinajstić information content (AvgIpc) is 3.33. The highest BCUT2D eigenvalue weighted by atomic mass is 32.2. The average molecular weight is 426 g/mol. The van der Waals surface area contributed by atoms with Gasteiger partial charge in [-0.25, -0.2) is 13.4 Å². The van der Waals surface area contributed by atoms with Crippen molar-refractivity contribution < 1.29 is 17.6 Å². The maximum atomic E-state index is 12.7. The van der Waals surface area contributed by atoms with Gasteiger partial charge in [-0.15, -0.1) is 0 Å². The Morgan fingerprint density at radius 3 is 2.33 bits per heavy atom. The summed E-state index contributed by atoms with van der Waals surface area (Å²) in [7, 11) is -3.44. The van der Waals surface area contributed by atoms with Gasteiger partial charge in [0, 0.05) is 30.8 Å². The van der Waals surface area contributed by atoms with Crippen molar-refractivity contribution in [1.29, 1.82) is 0 Å². The normalized spacial score (nSPS) is 15.1. The molecule has 1 fully saturated rings. The number of carbonyl (C=O) groups excluding carboxylic acids is 1. The molecule has 0 radical (unpaired) electrons. The van der Waals surface area contributed by atoms with E-state index in [0.29, 0.717) is 35.9 Å². The highest BCUT2D eigenvalue weighted by Gasteiger charge is 2.25. The zero-order chi connectivity index (χ0) is 21.0. The minimum atomic E-state index is -3.44. The number of amides is 1. The maximum Gasteiger partial charge on any atom is 0.251 e. The van der Waals surface area contributed by atoms with E-state index >= 15 is 0 Å². The Kier molecular flexibility index (Phi) is 5.96. The Balaban J connectivity index is 1.36. The Morgan fingerprint density at radius 2 is 1.70 bits per heavy atom. The van der Waals surface area contributed by atoms with Crippen LogP contribution in [0.1, 0.15) is 35.2 Å². The molecule has 1 saturated heterocycles. The van der Waals surface area contributed by atoms with Gasteiger partial charge < -0.3 is 9.73 Å². The van der Waals surface area contributed by atoms with E-state index in [-0.39, 0.29) is 5.91 Å². The summed E-state index contributed by atoms with van der Waals surface area (Å²) in [5.74, 6) is 0.436. The third kappa shape index (κ3) is 4.44. The Labute approximate surface area is 175 Å². The fraction of sp³-hybridized carbons (Fsp3) is 0.273. The standard InChI is InChI=1S/C22H23N3O4S/c26-22(19-8-6-18(7-9-19)21-15-23-16-29-21)24-14-17-4-10-20(11-5-17)30(27,28)25-12-2-1-3-13-25/h4-11,15-16H,1-3,12-14H2,(H,24,26). The van der Waals surface area contributed by atoms with Crippen molar-refractivity contribution in [1.82, 2.24) is 14.6 Å². The van der Waals surface area contributed by atoms with Crippen LogP contribution in [0.4, 0.5) is 0 Å². The van der Waals surface area contributed by atoms with Crippen molar-refractivity contribution in [3.8, 4) is 11.3 Å². The summed E-state index contributed by atoms with van der Waals surface area (Å²) in [4.78, 5) is 16.6. The monoisotopic (exact) mass is 425 g/mol. The molecular formula is C22H23N3O4S. The lowest BCUT2D eigenvalue weighted by Gasteiger charge is -2.25. The molecular weight excluding hydrogens is 402 g/mol. The molecule has 0 spiro atoms. The minimum Gasteiger partial charge on any atom is -0.444 e. The summed E-state index contributed by atoms with van der Waals surface area (Å²) in [5.41, 5.74) is 2.20. The van der Waals surface area contributed by atoms with E-state index in [1.807, 2.05) is 0 Å². The smallest absolute Gasteiger partial charge is 0.251 e. The van der Waals surface area contributed by atoms with Crippen molar-refractivity contribution in [3.63, 3.8) is 0 Å². The Hall–Kier alpha value is -2.97. The number of sulfonamides is 1. The highest BCUT2D eigenvalue weighted by molar-refractivity contribution is 7.89.